The van der Waals surface area contributed by atoms with Crippen LogP contribution in [0.3, 0.4) is 0 Å². The number of nitrogens with zero attached hydrogens (tertiary/aromatic N) is 2. The number of aliphatic carboxylic acids is 1. The third kappa shape index (κ3) is 2.10. The molecule has 116 valence electrons. The van der Waals surface area contributed by atoms with Crippen LogP contribution in [-0.2, 0) is 19.6 Å². The highest BCUT2D eigenvalue weighted by molar-refractivity contribution is 7.91. The van der Waals surface area contributed by atoms with Crippen molar-refractivity contribution in [3.05, 3.63) is 10.7 Å². The molecule has 0 unspecified atom stereocenters. The summed E-state index contributed by atoms with van der Waals surface area (Å²) in [4.78, 5) is 15.7. The van der Waals surface area contributed by atoms with Gasteiger partial charge in [-0.1, -0.05) is 0 Å². The van der Waals surface area contributed by atoms with Gasteiger partial charge >= 0.3 is 5.97 Å². The number of carbonyl (C=O) groups is 1. The Hall–Kier alpha value is -1.03. The summed E-state index contributed by atoms with van der Waals surface area (Å²) in [5.41, 5.74) is -0.930. The van der Waals surface area contributed by atoms with Crippen molar-refractivity contribution in [1.82, 2.24) is 9.29 Å². The Balaban J connectivity index is 1.96. The Morgan fingerprint density at radius 2 is 2.24 bits per heavy atom. The largest absolute Gasteiger partial charge is 0.479 e. The van der Waals surface area contributed by atoms with Crippen LogP contribution in [0.5, 0.6) is 0 Å². The van der Waals surface area contributed by atoms with E-state index in [9.17, 15) is 18.3 Å². The van der Waals surface area contributed by atoms with E-state index < -0.39 is 21.6 Å². The van der Waals surface area contributed by atoms with Gasteiger partial charge in [0, 0.05) is 19.1 Å². The first-order valence-corrected chi connectivity index (χ1v) is 8.84. The molecule has 0 aliphatic carbocycles. The number of aromatic nitrogens is 1. The SMILES string of the molecule is Cc1nc(C)c(S(=O)(=O)N2C[C@@H]3CCO[C@]3(C(=O)O)C2)s1. The van der Waals surface area contributed by atoms with Gasteiger partial charge in [0.25, 0.3) is 10.0 Å². The molecule has 1 N–H and O–H groups in total. The summed E-state index contributed by atoms with van der Waals surface area (Å²) in [6, 6.07) is 0. The molecule has 2 saturated heterocycles. The van der Waals surface area contributed by atoms with Crippen molar-refractivity contribution >= 4 is 27.3 Å². The molecule has 2 aliphatic heterocycles. The Morgan fingerprint density at radius 3 is 2.76 bits per heavy atom. The first-order valence-electron chi connectivity index (χ1n) is 6.59. The number of sulfonamides is 1. The van der Waals surface area contributed by atoms with Crippen LogP contribution >= 0.6 is 11.3 Å². The van der Waals surface area contributed by atoms with E-state index in [0.29, 0.717) is 23.7 Å². The summed E-state index contributed by atoms with van der Waals surface area (Å²) in [7, 11) is -3.72. The molecule has 3 heterocycles. The van der Waals surface area contributed by atoms with Crippen LogP contribution in [0.1, 0.15) is 17.1 Å². The molecule has 0 bridgehead atoms. The molecular weight excluding hydrogens is 316 g/mol. The predicted octanol–water partition coefficient (Wildman–Crippen LogP) is 0.624. The lowest BCUT2D eigenvalue weighted by Crippen LogP contribution is -2.45. The number of hydrogen-bond acceptors (Lipinski definition) is 6. The van der Waals surface area contributed by atoms with E-state index in [1.165, 1.54) is 4.31 Å². The molecule has 0 amide bonds. The number of aryl methyl sites for hydroxylation is 2. The van der Waals surface area contributed by atoms with Gasteiger partial charge in [0.1, 0.15) is 0 Å². The van der Waals surface area contributed by atoms with Gasteiger partial charge in [-0.05, 0) is 20.3 Å². The van der Waals surface area contributed by atoms with Gasteiger partial charge in [-0.25, -0.2) is 18.2 Å². The van der Waals surface area contributed by atoms with Gasteiger partial charge in [0.15, 0.2) is 9.81 Å². The first kappa shape index (κ1) is 14.9. The van der Waals surface area contributed by atoms with Crippen molar-refractivity contribution in [2.75, 3.05) is 19.7 Å². The lowest BCUT2D eigenvalue weighted by molar-refractivity contribution is -0.160. The standard InChI is InChI=1S/C12H16N2O5S2/c1-7-10(20-8(2)13-7)21(17,18)14-5-9-3-4-19-12(9,6-14)11(15)16/h9H,3-6H2,1-2H3,(H,15,16)/t9-,12+/m0/s1. The fourth-order valence-electron chi connectivity index (χ4n) is 3.08. The second kappa shape index (κ2) is 4.73. The highest BCUT2D eigenvalue weighted by Crippen LogP contribution is 2.42. The van der Waals surface area contributed by atoms with E-state index in [2.05, 4.69) is 4.98 Å². The number of carboxylic acids is 1. The Morgan fingerprint density at radius 1 is 1.52 bits per heavy atom. The number of hydrogen-bond donors (Lipinski definition) is 1. The molecule has 0 saturated carbocycles. The van der Waals surface area contributed by atoms with E-state index in [1.54, 1.807) is 13.8 Å². The van der Waals surface area contributed by atoms with Crippen LogP contribution in [0.4, 0.5) is 0 Å². The maximum Gasteiger partial charge on any atom is 0.337 e. The zero-order valence-corrected chi connectivity index (χ0v) is 13.3. The second-order valence-corrected chi connectivity index (χ2v) is 8.77. The van der Waals surface area contributed by atoms with Crippen LogP contribution < -0.4 is 0 Å². The van der Waals surface area contributed by atoms with E-state index in [4.69, 9.17) is 4.74 Å². The normalized spacial score (nSPS) is 29.7. The highest BCUT2D eigenvalue weighted by Gasteiger charge is 2.59. The van der Waals surface area contributed by atoms with E-state index in [-0.39, 0.29) is 23.2 Å². The molecule has 9 heteroatoms. The Bertz CT molecular complexity index is 699. The molecule has 7 nitrogen and oxygen atoms in total. The second-order valence-electron chi connectivity index (χ2n) is 5.43. The molecule has 1 aromatic heterocycles. The Kier molecular flexibility index (Phi) is 3.36. The predicted molar refractivity (Wildman–Crippen MR) is 74.8 cm³/mol. The topological polar surface area (TPSA) is 96.8 Å². The maximum atomic E-state index is 12.7. The van der Waals surface area contributed by atoms with E-state index in [1.807, 2.05) is 0 Å². The fraction of sp³-hybridized carbons (Fsp3) is 0.667. The van der Waals surface area contributed by atoms with Gasteiger partial charge in [-0.15, -0.1) is 11.3 Å². The van der Waals surface area contributed by atoms with E-state index in [0.717, 1.165) is 11.3 Å². The van der Waals surface area contributed by atoms with Crippen molar-refractivity contribution < 1.29 is 23.1 Å². The molecule has 2 atom stereocenters. The lowest BCUT2D eigenvalue weighted by atomic mass is 9.91. The van der Waals surface area contributed by atoms with Crippen molar-refractivity contribution in [3.63, 3.8) is 0 Å². The van der Waals surface area contributed by atoms with Crippen molar-refractivity contribution in [3.8, 4) is 0 Å². The highest BCUT2D eigenvalue weighted by atomic mass is 32.2. The molecular formula is C12H16N2O5S2. The van der Waals surface area contributed by atoms with Crippen LogP contribution in [-0.4, -0.2) is 54.1 Å². The number of thiazole rings is 1. The summed E-state index contributed by atoms with van der Waals surface area (Å²) >= 11 is 1.11. The quantitative estimate of drug-likeness (QED) is 0.872. The number of fused-ring (bicyclic) bond motifs is 1. The molecule has 0 spiro atoms. The van der Waals surface area contributed by atoms with Gasteiger partial charge in [-0.3, -0.25) is 0 Å². The summed E-state index contributed by atoms with van der Waals surface area (Å²) in [6.45, 7) is 3.81. The smallest absolute Gasteiger partial charge is 0.337 e. The van der Waals surface area contributed by atoms with Crippen molar-refractivity contribution in [2.24, 2.45) is 5.92 Å². The summed E-state index contributed by atoms with van der Waals surface area (Å²) in [6.07, 6.45) is 0.568. The lowest BCUT2D eigenvalue weighted by Gasteiger charge is -2.22. The molecule has 0 radical (unpaired) electrons. The zero-order valence-electron chi connectivity index (χ0n) is 11.7. The first-order chi connectivity index (χ1) is 9.77. The number of rotatable bonds is 3. The third-order valence-corrected chi connectivity index (χ3v) is 7.59. The van der Waals surface area contributed by atoms with Crippen LogP contribution in [0.2, 0.25) is 0 Å². The monoisotopic (exact) mass is 332 g/mol. The molecule has 2 fully saturated rings. The summed E-state index contributed by atoms with van der Waals surface area (Å²) in [5.74, 6) is -1.38. The molecule has 2 aliphatic rings. The molecule has 1 aromatic rings. The van der Waals surface area contributed by atoms with Crippen LogP contribution in [0.15, 0.2) is 4.21 Å². The van der Waals surface area contributed by atoms with E-state index >= 15 is 0 Å². The average Bonchev–Trinajstić information content (AvgIpc) is 3.00. The van der Waals surface area contributed by atoms with Gasteiger partial charge < -0.3 is 9.84 Å². The number of carboxylic acid groups (broad SMARTS) is 1. The van der Waals surface area contributed by atoms with Gasteiger partial charge in [-0.2, -0.15) is 4.31 Å². The third-order valence-electron chi connectivity index (χ3n) is 4.12. The number of ether oxygens (including phenoxy) is 1. The average molecular weight is 332 g/mol. The van der Waals surface area contributed by atoms with Gasteiger partial charge in [0.05, 0.1) is 17.2 Å². The minimum absolute atomic E-state index is 0.133. The van der Waals surface area contributed by atoms with Crippen molar-refractivity contribution in [2.45, 2.75) is 30.1 Å². The molecule has 21 heavy (non-hydrogen) atoms. The minimum atomic E-state index is -3.72. The Labute approximate surface area is 126 Å². The molecule has 3 rings (SSSR count). The van der Waals surface area contributed by atoms with Crippen LogP contribution in [0, 0.1) is 19.8 Å². The fourth-order valence-corrected chi connectivity index (χ4v) is 6.21. The van der Waals surface area contributed by atoms with Crippen molar-refractivity contribution in [1.29, 1.82) is 0 Å². The minimum Gasteiger partial charge on any atom is -0.479 e. The maximum absolute atomic E-state index is 12.7. The van der Waals surface area contributed by atoms with Gasteiger partial charge in [0.2, 0.25) is 0 Å². The molecule has 0 aromatic carbocycles. The summed E-state index contributed by atoms with van der Waals surface area (Å²) < 4.78 is 32.3. The van der Waals surface area contributed by atoms with Crippen LogP contribution in [0.25, 0.3) is 0 Å². The zero-order chi connectivity index (χ0) is 15.4. The summed E-state index contributed by atoms with van der Waals surface area (Å²) in [5, 5.41) is 10.1.